The van der Waals surface area contributed by atoms with Gasteiger partial charge in [0, 0.05) is 13.5 Å². The molecule has 0 bridgehead atoms. The number of carbonyl (C=O) groups is 1. The summed E-state index contributed by atoms with van der Waals surface area (Å²) < 4.78 is 27.6. The second kappa shape index (κ2) is 11.6. The van der Waals surface area contributed by atoms with Crippen molar-refractivity contribution in [2.45, 2.75) is 33.1 Å². The van der Waals surface area contributed by atoms with Crippen LogP contribution in [-0.4, -0.2) is 40.5 Å². The van der Waals surface area contributed by atoms with Gasteiger partial charge in [0.1, 0.15) is 35.3 Å². The molecule has 7 heteroatoms. The number of anilines is 1. The van der Waals surface area contributed by atoms with Crippen molar-refractivity contribution in [1.82, 2.24) is 0 Å². The maximum absolute atomic E-state index is 12.9. The van der Waals surface area contributed by atoms with E-state index in [9.17, 15) is 4.79 Å². The lowest BCUT2D eigenvalue weighted by Gasteiger charge is -2.17. The van der Waals surface area contributed by atoms with Gasteiger partial charge in [-0.3, -0.25) is 4.79 Å². The zero-order valence-electron chi connectivity index (χ0n) is 20.7. The molecule has 0 fully saturated rings. The maximum atomic E-state index is 12.9. The molecule has 2 aromatic carbocycles. The first-order valence-corrected chi connectivity index (χ1v) is 11.2. The molecular formula is C27H33NO6. The van der Waals surface area contributed by atoms with Crippen LogP contribution in [0.2, 0.25) is 0 Å². The van der Waals surface area contributed by atoms with Crippen LogP contribution < -0.4 is 19.5 Å². The molecule has 182 valence electrons. The number of hydrogen-bond acceptors (Lipinski definition) is 6. The molecule has 0 radical (unpaired) electrons. The van der Waals surface area contributed by atoms with Crippen LogP contribution in [0.15, 0.2) is 46.9 Å². The topological polar surface area (TPSA) is 79.2 Å². The first-order valence-electron chi connectivity index (χ1n) is 11.2. The summed E-state index contributed by atoms with van der Waals surface area (Å²) in [4.78, 5) is 12.9. The number of carbonyl (C=O) groups excluding carboxylic acids is 1. The van der Waals surface area contributed by atoms with E-state index in [1.807, 2.05) is 13.0 Å². The van der Waals surface area contributed by atoms with Crippen LogP contribution in [0.5, 0.6) is 17.2 Å². The molecule has 1 aromatic heterocycles. The molecule has 0 unspecified atom stereocenters. The Morgan fingerprint density at radius 1 is 0.971 bits per heavy atom. The number of nitrogens with one attached hydrogen (secondary N) is 1. The third kappa shape index (κ3) is 5.91. The number of ether oxygens (including phenoxy) is 4. The minimum atomic E-state index is -0.379. The van der Waals surface area contributed by atoms with Crippen molar-refractivity contribution in [1.29, 1.82) is 0 Å². The van der Waals surface area contributed by atoms with E-state index in [2.05, 4.69) is 31.3 Å². The third-order valence-electron chi connectivity index (χ3n) is 5.55. The number of rotatable bonds is 11. The molecular weight excluding hydrogens is 434 g/mol. The van der Waals surface area contributed by atoms with Gasteiger partial charge in [-0.1, -0.05) is 26.0 Å². The van der Waals surface area contributed by atoms with Crippen LogP contribution in [0.1, 0.15) is 52.8 Å². The van der Waals surface area contributed by atoms with Gasteiger partial charge in [-0.05, 0) is 59.9 Å². The van der Waals surface area contributed by atoms with Gasteiger partial charge in [-0.2, -0.15) is 0 Å². The van der Waals surface area contributed by atoms with Crippen LogP contribution in [0.4, 0.5) is 5.69 Å². The molecule has 3 rings (SSSR count). The van der Waals surface area contributed by atoms with Gasteiger partial charge >= 0.3 is 0 Å². The highest BCUT2D eigenvalue weighted by Gasteiger charge is 2.18. The summed E-state index contributed by atoms with van der Waals surface area (Å²) in [5.74, 6) is 2.71. The third-order valence-corrected chi connectivity index (χ3v) is 5.55. The van der Waals surface area contributed by atoms with Gasteiger partial charge in [0.25, 0.3) is 5.91 Å². The number of para-hydroxylation sites is 1. The molecule has 0 saturated carbocycles. The van der Waals surface area contributed by atoms with Gasteiger partial charge in [0.2, 0.25) is 0 Å². The van der Waals surface area contributed by atoms with E-state index < -0.39 is 0 Å². The number of amides is 1. The van der Waals surface area contributed by atoms with E-state index in [4.69, 9.17) is 23.4 Å². The van der Waals surface area contributed by atoms with Gasteiger partial charge in [0.05, 0.1) is 20.8 Å². The standard InChI is InChI=1S/C27H33NO6/c1-17(2)21-16-19(18(3)14-25(21)33-13-12-30-4)15-20-10-11-24(34-20)27(29)28-26-22(31-5)8-7-9-23(26)32-6/h7-11,14,16-17H,12-13,15H2,1-6H3,(H,28,29). The van der Waals surface area contributed by atoms with Crippen LogP contribution in [-0.2, 0) is 11.2 Å². The van der Waals surface area contributed by atoms with Crippen molar-refractivity contribution in [3.8, 4) is 17.2 Å². The minimum absolute atomic E-state index is 0.212. The summed E-state index contributed by atoms with van der Waals surface area (Å²) >= 11 is 0. The number of furan rings is 1. The Hall–Kier alpha value is -3.45. The van der Waals surface area contributed by atoms with Crippen LogP contribution in [0.25, 0.3) is 0 Å². The van der Waals surface area contributed by atoms with Crippen molar-refractivity contribution >= 4 is 11.6 Å². The Labute approximate surface area is 201 Å². The lowest BCUT2D eigenvalue weighted by atomic mass is 9.94. The Balaban J connectivity index is 1.78. The molecule has 0 aliphatic heterocycles. The second-order valence-corrected chi connectivity index (χ2v) is 8.25. The van der Waals surface area contributed by atoms with Crippen molar-refractivity contribution in [2.75, 3.05) is 39.9 Å². The molecule has 1 heterocycles. The molecule has 1 amide bonds. The van der Waals surface area contributed by atoms with Gasteiger partial charge < -0.3 is 28.7 Å². The first-order chi connectivity index (χ1) is 16.4. The summed E-state index contributed by atoms with van der Waals surface area (Å²) in [6.07, 6.45) is 0.565. The molecule has 0 spiro atoms. The zero-order valence-corrected chi connectivity index (χ0v) is 20.7. The number of hydrogen-bond donors (Lipinski definition) is 1. The average molecular weight is 468 g/mol. The molecule has 1 N–H and O–H groups in total. The highest BCUT2D eigenvalue weighted by atomic mass is 16.5. The Morgan fingerprint density at radius 2 is 1.68 bits per heavy atom. The zero-order chi connectivity index (χ0) is 24.7. The van der Waals surface area contributed by atoms with Crippen LogP contribution in [0, 0.1) is 6.92 Å². The summed E-state index contributed by atoms with van der Waals surface area (Å²) in [5.41, 5.74) is 3.80. The molecule has 0 atom stereocenters. The van der Waals surface area contributed by atoms with Crippen LogP contribution >= 0.6 is 0 Å². The molecule has 3 aromatic rings. The molecule has 0 aliphatic rings. The number of aryl methyl sites for hydroxylation is 1. The SMILES string of the molecule is COCCOc1cc(C)c(Cc2ccc(C(=O)Nc3c(OC)cccc3OC)o2)cc1C(C)C. The van der Waals surface area contributed by atoms with E-state index in [1.165, 1.54) is 14.2 Å². The van der Waals surface area contributed by atoms with E-state index in [0.717, 1.165) is 22.4 Å². The van der Waals surface area contributed by atoms with E-state index in [-0.39, 0.29) is 11.7 Å². The predicted molar refractivity (Wildman–Crippen MR) is 132 cm³/mol. The molecule has 0 aliphatic carbocycles. The van der Waals surface area contributed by atoms with Crippen molar-refractivity contribution in [3.63, 3.8) is 0 Å². The highest BCUT2D eigenvalue weighted by Crippen LogP contribution is 2.35. The fourth-order valence-electron chi connectivity index (χ4n) is 3.68. The Morgan fingerprint density at radius 3 is 2.29 bits per heavy atom. The Bertz CT molecular complexity index is 1100. The monoisotopic (exact) mass is 467 g/mol. The largest absolute Gasteiger partial charge is 0.494 e. The predicted octanol–water partition coefficient (Wildman–Crippen LogP) is 5.60. The lowest BCUT2D eigenvalue weighted by Crippen LogP contribution is -2.12. The smallest absolute Gasteiger partial charge is 0.291 e. The summed E-state index contributed by atoms with van der Waals surface area (Å²) in [6, 6.07) is 13.0. The molecule has 7 nitrogen and oxygen atoms in total. The van der Waals surface area contributed by atoms with E-state index >= 15 is 0 Å². The minimum Gasteiger partial charge on any atom is -0.494 e. The summed E-state index contributed by atoms with van der Waals surface area (Å²) in [6.45, 7) is 7.37. The number of benzene rings is 2. The van der Waals surface area contributed by atoms with Crippen molar-refractivity contribution in [2.24, 2.45) is 0 Å². The second-order valence-electron chi connectivity index (χ2n) is 8.25. The van der Waals surface area contributed by atoms with Crippen molar-refractivity contribution in [3.05, 3.63) is 70.7 Å². The fourth-order valence-corrected chi connectivity index (χ4v) is 3.68. The van der Waals surface area contributed by atoms with Crippen LogP contribution in [0.3, 0.4) is 0 Å². The molecule has 34 heavy (non-hydrogen) atoms. The lowest BCUT2D eigenvalue weighted by molar-refractivity contribution is 0.0994. The summed E-state index contributed by atoms with van der Waals surface area (Å²) in [7, 11) is 4.74. The Kier molecular flexibility index (Phi) is 8.60. The van der Waals surface area contributed by atoms with Gasteiger partial charge in [-0.15, -0.1) is 0 Å². The molecule has 0 saturated heterocycles. The average Bonchev–Trinajstić information content (AvgIpc) is 3.29. The fraction of sp³-hybridized carbons (Fsp3) is 0.370. The van der Waals surface area contributed by atoms with E-state index in [1.54, 1.807) is 31.4 Å². The maximum Gasteiger partial charge on any atom is 0.291 e. The highest BCUT2D eigenvalue weighted by molar-refractivity contribution is 6.04. The van der Waals surface area contributed by atoms with Crippen molar-refractivity contribution < 1.29 is 28.2 Å². The summed E-state index contributed by atoms with van der Waals surface area (Å²) in [5, 5.41) is 2.83. The van der Waals surface area contributed by atoms with Gasteiger partial charge in [0.15, 0.2) is 5.76 Å². The first kappa shape index (κ1) is 25.2. The number of methoxy groups -OCH3 is 3. The van der Waals surface area contributed by atoms with E-state index in [0.29, 0.717) is 48.5 Å². The quantitative estimate of drug-likeness (QED) is 0.370. The normalized spacial score (nSPS) is 10.9. The van der Waals surface area contributed by atoms with Gasteiger partial charge in [-0.25, -0.2) is 0 Å².